The number of rotatable bonds is 5. The lowest BCUT2D eigenvalue weighted by Crippen LogP contribution is -2.43. The molecule has 0 atom stereocenters. The molecule has 1 rings (SSSR count). The maximum atomic E-state index is 12.0. The van der Waals surface area contributed by atoms with Crippen molar-refractivity contribution in [2.75, 3.05) is 39.8 Å². The van der Waals surface area contributed by atoms with E-state index in [-0.39, 0.29) is 30.5 Å². The summed E-state index contributed by atoms with van der Waals surface area (Å²) in [4.78, 5) is 6.28. The van der Waals surface area contributed by atoms with Gasteiger partial charge in [0.15, 0.2) is 5.96 Å². The van der Waals surface area contributed by atoms with E-state index >= 15 is 0 Å². The van der Waals surface area contributed by atoms with E-state index < -0.39 is 12.6 Å². The van der Waals surface area contributed by atoms with Crippen LogP contribution < -0.4 is 10.6 Å². The van der Waals surface area contributed by atoms with Gasteiger partial charge in [-0.1, -0.05) is 6.92 Å². The van der Waals surface area contributed by atoms with Crippen LogP contribution in [0.5, 0.6) is 0 Å². The van der Waals surface area contributed by atoms with Crippen LogP contribution in [0.2, 0.25) is 0 Å². The van der Waals surface area contributed by atoms with Crippen molar-refractivity contribution in [3.8, 4) is 0 Å². The summed E-state index contributed by atoms with van der Waals surface area (Å²) in [6.45, 7) is 5.91. The molecule has 1 saturated heterocycles. The molecule has 0 aliphatic carbocycles. The SMILES string of the molecule is CN=C(NCCN1CCC(C)CC1)NCCC(F)(F)F.I. The number of hydrogen-bond donors (Lipinski definition) is 2. The van der Waals surface area contributed by atoms with Crippen LogP contribution in [-0.4, -0.2) is 56.8 Å². The summed E-state index contributed by atoms with van der Waals surface area (Å²) in [5.74, 6) is 1.23. The van der Waals surface area contributed by atoms with Crippen molar-refractivity contribution in [3.63, 3.8) is 0 Å². The quantitative estimate of drug-likeness (QED) is 0.406. The molecule has 126 valence electrons. The third kappa shape index (κ3) is 10.2. The highest BCUT2D eigenvalue weighted by molar-refractivity contribution is 14.0. The summed E-state index contributed by atoms with van der Waals surface area (Å²) < 4.78 is 36.1. The van der Waals surface area contributed by atoms with Crippen LogP contribution in [0.4, 0.5) is 13.2 Å². The number of aliphatic imine (C=N–C) groups is 1. The zero-order valence-electron chi connectivity index (χ0n) is 12.7. The molecule has 0 unspecified atom stereocenters. The number of piperidine rings is 1. The highest BCUT2D eigenvalue weighted by Gasteiger charge is 2.26. The van der Waals surface area contributed by atoms with E-state index in [0.717, 1.165) is 25.6 Å². The van der Waals surface area contributed by atoms with Gasteiger partial charge in [0, 0.05) is 26.7 Å². The van der Waals surface area contributed by atoms with E-state index in [2.05, 4.69) is 27.4 Å². The molecular formula is C13H26F3IN4. The van der Waals surface area contributed by atoms with Crippen LogP contribution in [0.15, 0.2) is 4.99 Å². The minimum absolute atomic E-state index is 0. The Morgan fingerprint density at radius 2 is 1.76 bits per heavy atom. The molecule has 1 fully saturated rings. The molecule has 2 N–H and O–H groups in total. The number of guanidine groups is 1. The average Bonchev–Trinajstić information content (AvgIpc) is 2.38. The third-order valence-electron chi connectivity index (χ3n) is 3.52. The van der Waals surface area contributed by atoms with Crippen LogP contribution in [0, 0.1) is 5.92 Å². The monoisotopic (exact) mass is 422 g/mol. The first-order valence-corrected chi connectivity index (χ1v) is 7.14. The van der Waals surface area contributed by atoms with Crippen molar-refractivity contribution in [3.05, 3.63) is 0 Å². The molecule has 0 spiro atoms. The summed E-state index contributed by atoms with van der Waals surface area (Å²) in [6, 6.07) is 0. The molecule has 0 radical (unpaired) electrons. The fourth-order valence-electron chi connectivity index (χ4n) is 2.16. The summed E-state index contributed by atoms with van der Waals surface area (Å²) in [5.41, 5.74) is 0. The molecule has 0 aromatic heterocycles. The largest absolute Gasteiger partial charge is 0.390 e. The van der Waals surface area contributed by atoms with Crippen LogP contribution in [0.1, 0.15) is 26.2 Å². The first-order chi connectivity index (χ1) is 9.40. The predicted octanol–water partition coefficient (Wildman–Crippen LogP) is 2.45. The number of nitrogens with one attached hydrogen (secondary N) is 2. The molecule has 0 saturated carbocycles. The maximum Gasteiger partial charge on any atom is 0.390 e. The van der Waals surface area contributed by atoms with Crippen LogP contribution in [0.25, 0.3) is 0 Å². The molecule has 1 aliphatic rings. The number of nitrogens with zero attached hydrogens (tertiary/aromatic N) is 2. The number of hydrogen-bond acceptors (Lipinski definition) is 2. The van der Waals surface area contributed by atoms with E-state index in [4.69, 9.17) is 0 Å². The topological polar surface area (TPSA) is 39.7 Å². The standard InChI is InChI=1S/C13H25F3N4.HI/c1-11-3-8-20(9-4-11)10-7-19-12(17-2)18-6-5-13(14,15)16;/h11H,3-10H2,1-2H3,(H2,17,18,19);1H. The van der Waals surface area contributed by atoms with Gasteiger partial charge in [-0.05, 0) is 31.8 Å². The third-order valence-corrected chi connectivity index (χ3v) is 3.52. The summed E-state index contributed by atoms with van der Waals surface area (Å²) in [5, 5.41) is 5.72. The minimum atomic E-state index is -4.13. The van der Waals surface area contributed by atoms with E-state index in [0.29, 0.717) is 12.5 Å². The van der Waals surface area contributed by atoms with Crippen LogP contribution in [0.3, 0.4) is 0 Å². The van der Waals surface area contributed by atoms with Crippen LogP contribution in [-0.2, 0) is 0 Å². The van der Waals surface area contributed by atoms with Gasteiger partial charge >= 0.3 is 6.18 Å². The van der Waals surface area contributed by atoms with Gasteiger partial charge in [-0.15, -0.1) is 24.0 Å². The lowest BCUT2D eigenvalue weighted by atomic mass is 9.99. The lowest BCUT2D eigenvalue weighted by molar-refractivity contribution is -0.132. The van der Waals surface area contributed by atoms with Gasteiger partial charge in [0.05, 0.1) is 6.42 Å². The van der Waals surface area contributed by atoms with E-state index in [9.17, 15) is 13.2 Å². The van der Waals surface area contributed by atoms with Crippen LogP contribution >= 0.6 is 24.0 Å². The summed E-state index contributed by atoms with van der Waals surface area (Å²) in [7, 11) is 1.56. The van der Waals surface area contributed by atoms with Crippen molar-refractivity contribution < 1.29 is 13.2 Å². The Bertz CT molecular complexity index is 302. The molecule has 8 heteroatoms. The average molecular weight is 422 g/mol. The second kappa shape index (κ2) is 10.5. The molecule has 0 aromatic carbocycles. The van der Waals surface area contributed by atoms with Gasteiger partial charge in [0.1, 0.15) is 0 Å². The molecule has 0 bridgehead atoms. The van der Waals surface area contributed by atoms with Gasteiger partial charge < -0.3 is 15.5 Å². The number of halogens is 4. The Kier molecular flexibility index (Phi) is 10.3. The first kappa shape index (κ1) is 20.8. The zero-order valence-corrected chi connectivity index (χ0v) is 15.0. The van der Waals surface area contributed by atoms with Gasteiger partial charge in [0.25, 0.3) is 0 Å². The molecule has 1 aliphatic heterocycles. The molecule has 4 nitrogen and oxygen atoms in total. The van der Waals surface area contributed by atoms with Gasteiger partial charge in [-0.25, -0.2) is 0 Å². The van der Waals surface area contributed by atoms with Gasteiger partial charge in [-0.3, -0.25) is 4.99 Å². The molecular weight excluding hydrogens is 396 g/mol. The lowest BCUT2D eigenvalue weighted by Gasteiger charge is -2.30. The molecule has 0 amide bonds. The highest BCUT2D eigenvalue weighted by Crippen LogP contribution is 2.18. The molecule has 21 heavy (non-hydrogen) atoms. The number of alkyl halides is 3. The smallest absolute Gasteiger partial charge is 0.356 e. The van der Waals surface area contributed by atoms with E-state index in [1.165, 1.54) is 12.8 Å². The fourth-order valence-corrected chi connectivity index (χ4v) is 2.16. The first-order valence-electron chi connectivity index (χ1n) is 7.14. The maximum absolute atomic E-state index is 12.0. The second-order valence-corrected chi connectivity index (χ2v) is 5.32. The Labute approximate surface area is 142 Å². The Balaban J connectivity index is 0.00000400. The summed E-state index contributed by atoms with van der Waals surface area (Å²) >= 11 is 0. The predicted molar refractivity (Wildman–Crippen MR) is 90.3 cm³/mol. The van der Waals surface area contributed by atoms with Crippen molar-refractivity contribution in [1.29, 1.82) is 0 Å². The van der Waals surface area contributed by atoms with E-state index in [1.54, 1.807) is 7.05 Å². The van der Waals surface area contributed by atoms with Crippen molar-refractivity contribution in [2.24, 2.45) is 10.9 Å². The van der Waals surface area contributed by atoms with E-state index in [1.807, 2.05) is 0 Å². The molecule has 0 aromatic rings. The Morgan fingerprint density at radius 3 is 2.29 bits per heavy atom. The number of likely N-dealkylation sites (tertiary alicyclic amines) is 1. The van der Waals surface area contributed by atoms with Gasteiger partial charge in [-0.2, -0.15) is 13.2 Å². The van der Waals surface area contributed by atoms with Crippen molar-refractivity contribution >= 4 is 29.9 Å². The van der Waals surface area contributed by atoms with Crippen molar-refractivity contribution in [2.45, 2.75) is 32.4 Å². The Hall–Kier alpha value is -0.250. The fraction of sp³-hybridized carbons (Fsp3) is 0.923. The van der Waals surface area contributed by atoms with Crippen molar-refractivity contribution in [1.82, 2.24) is 15.5 Å². The normalized spacial score (nSPS) is 18.2. The summed E-state index contributed by atoms with van der Waals surface area (Å²) in [6.07, 6.45) is -2.54. The zero-order chi connectivity index (χ0) is 15.0. The minimum Gasteiger partial charge on any atom is -0.356 e. The Morgan fingerprint density at radius 1 is 1.19 bits per heavy atom. The molecule has 1 heterocycles. The van der Waals surface area contributed by atoms with Gasteiger partial charge in [0.2, 0.25) is 0 Å². The highest BCUT2D eigenvalue weighted by atomic mass is 127. The second-order valence-electron chi connectivity index (χ2n) is 5.32.